The van der Waals surface area contributed by atoms with Gasteiger partial charge in [0.25, 0.3) is 0 Å². The third-order valence-corrected chi connectivity index (χ3v) is 6.18. The molecule has 4 rings (SSSR count). The number of H-pyrrole nitrogens is 1. The molecule has 0 bridgehead atoms. The molecule has 0 aliphatic rings. The number of anilines is 1. The zero-order valence-electron chi connectivity index (χ0n) is 14.9. The van der Waals surface area contributed by atoms with Crippen molar-refractivity contribution in [3.63, 3.8) is 0 Å². The van der Waals surface area contributed by atoms with E-state index in [2.05, 4.69) is 33.5 Å². The Hall–Kier alpha value is -2.64. The lowest BCUT2D eigenvalue weighted by Gasteiger charge is -2.06. The first-order valence-electron chi connectivity index (χ1n) is 8.72. The quantitative estimate of drug-likeness (QED) is 0.449. The first-order valence-corrected chi connectivity index (χ1v) is 10.4. The highest BCUT2D eigenvalue weighted by Crippen LogP contribution is 2.33. The standard InChI is InChI=1S/C20H20N4OS2/c1-12-9-14-10-13(4-5-15(14)23-12)11-22-18(25)7-6-17-19(24-20(21)27-17)16-3-2-8-26-16/h2-5,8-10,23H,6-7,11H2,1H3,(H2,21,24)(H,22,25). The van der Waals surface area contributed by atoms with Gasteiger partial charge in [0.15, 0.2) is 5.13 Å². The van der Waals surface area contributed by atoms with Gasteiger partial charge in [0, 0.05) is 29.1 Å². The van der Waals surface area contributed by atoms with Crippen LogP contribution in [0.15, 0.2) is 41.8 Å². The summed E-state index contributed by atoms with van der Waals surface area (Å²) in [4.78, 5) is 22.2. The predicted octanol–water partition coefficient (Wildman–Crippen LogP) is 4.49. The number of hydrogen-bond donors (Lipinski definition) is 3. The molecule has 0 aliphatic heterocycles. The van der Waals surface area contributed by atoms with Crippen LogP contribution in [0.4, 0.5) is 5.13 Å². The van der Waals surface area contributed by atoms with Crippen molar-refractivity contribution in [2.24, 2.45) is 0 Å². The van der Waals surface area contributed by atoms with Gasteiger partial charge in [-0.15, -0.1) is 22.7 Å². The number of rotatable bonds is 6. The summed E-state index contributed by atoms with van der Waals surface area (Å²) in [5.41, 5.74) is 10.1. The Bertz CT molecular complexity index is 1080. The molecule has 1 aromatic carbocycles. The van der Waals surface area contributed by atoms with Gasteiger partial charge in [0.2, 0.25) is 5.91 Å². The van der Waals surface area contributed by atoms with Crippen LogP contribution < -0.4 is 11.1 Å². The molecule has 3 aromatic heterocycles. The van der Waals surface area contributed by atoms with Crippen molar-refractivity contribution >= 4 is 44.6 Å². The number of aromatic amines is 1. The van der Waals surface area contributed by atoms with E-state index in [9.17, 15) is 4.79 Å². The van der Waals surface area contributed by atoms with Gasteiger partial charge in [-0.25, -0.2) is 4.98 Å². The van der Waals surface area contributed by atoms with E-state index in [1.807, 2.05) is 30.5 Å². The number of amides is 1. The number of hydrogen-bond acceptors (Lipinski definition) is 5. The summed E-state index contributed by atoms with van der Waals surface area (Å²) in [5.74, 6) is 0.0319. The number of carbonyl (C=O) groups excluding carboxylic acids is 1. The fourth-order valence-corrected chi connectivity index (χ4v) is 4.75. The van der Waals surface area contributed by atoms with Crippen LogP contribution >= 0.6 is 22.7 Å². The smallest absolute Gasteiger partial charge is 0.220 e. The minimum absolute atomic E-state index is 0.0319. The average molecular weight is 397 g/mol. The maximum Gasteiger partial charge on any atom is 0.220 e. The number of nitrogens with zero attached hydrogens (tertiary/aromatic N) is 1. The monoisotopic (exact) mass is 396 g/mol. The Labute approximate surface area is 165 Å². The van der Waals surface area contributed by atoms with Crippen molar-refractivity contribution in [3.05, 3.63) is 57.9 Å². The lowest BCUT2D eigenvalue weighted by Crippen LogP contribution is -2.22. The third kappa shape index (κ3) is 4.04. The number of benzene rings is 1. The minimum atomic E-state index is 0.0319. The number of nitrogen functional groups attached to an aromatic ring is 1. The molecule has 3 heterocycles. The van der Waals surface area contributed by atoms with E-state index in [1.165, 1.54) is 16.7 Å². The molecular weight excluding hydrogens is 376 g/mol. The molecule has 0 fully saturated rings. The predicted molar refractivity (Wildman–Crippen MR) is 113 cm³/mol. The Kier molecular flexibility index (Phi) is 4.96. The number of nitrogens with one attached hydrogen (secondary N) is 2. The van der Waals surface area contributed by atoms with Crippen molar-refractivity contribution in [2.75, 3.05) is 5.73 Å². The number of thiazole rings is 1. The Balaban J connectivity index is 1.36. The zero-order chi connectivity index (χ0) is 18.8. The van der Waals surface area contributed by atoms with Crippen molar-refractivity contribution in [3.8, 4) is 10.6 Å². The number of fused-ring (bicyclic) bond motifs is 1. The molecule has 5 nitrogen and oxygen atoms in total. The molecule has 4 aromatic rings. The van der Waals surface area contributed by atoms with E-state index in [0.717, 1.165) is 32.2 Å². The fraction of sp³-hybridized carbons (Fsp3) is 0.200. The van der Waals surface area contributed by atoms with Gasteiger partial charge >= 0.3 is 0 Å². The van der Waals surface area contributed by atoms with Crippen molar-refractivity contribution in [1.82, 2.24) is 15.3 Å². The average Bonchev–Trinajstić information content (AvgIpc) is 3.36. The lowest BCUT2D eigenvalue weighted by molar-refractivity contribution is -0.121. The van der Waals surface area contributed by atoms with Gasteiger partial charge in [0.1, 0.15) is 0 Å². The normalized spacial score (nSPS) is 11.1. The molecule has 0 unspecified atom stereocenters. The Morgan fingerprint density at radius 3 is 3.00 bits per heavy atom. The SMILES string of the molecule is Cc1cc2cc(CNC(=O)CCc3sc(N)nc3-c3cccs3)ccc2[nH]1. The summed E-state index contributed by atoms with van der Waals surface area (Å²) in [6.07, 6.45) is 1.06. The topological polar surface area (TPSA) is 83.8 Å². The number of aromatic nitrogens is 2. The highest BCUT2D eigenvalue weighted by molar-refractivity contribution is 7.17. The maximum absolute atomic E-state index is 12.3. The molecule has 0 atom stereocenters. The summed E-state index contributed by atoms with van der Waals surface area (Å²) in [7, 11) is 0. The van der Waals surface area contributed by atoms with Crippen LogP contribution in [0.3, 0.4) is 0 Å². The molecule has 4 N–H and O–H groups in total. The first-order chi connectivity index (χ1) is 13.1. The van der Waals surface area contributed by atoms with E-state index in [4.69, 9.17) is 5.73 Å². The molecule has 1 amide bonds. The van der Waals surface area contributed by atoms with Gasteiger partial charge in [-0.2, -0.15) is 0 Å². The number of carbonyl (C=O) groups is 1. The van der Waals surface area contributed by atoms with Crippen molar-refractivity contribution in [1.29, 1.82) is 0 Å². The minimum Gasteiger partial charge on any atom is -0.375 e. The number of thiophene rings is 1. The van der Waals surface area contributed by atoms with Crippen LogP contribution in [0.5, 0.6) is 0 Å². The molecule has 27 heavy (non-hydrogen) atoms. The zero-order valence-corrected chi connectivity index (χ0v) is 16.5. The first kappa shape index (κ1) is 17.8. The fourth-order valence-electron chi connectivity index (χ4n) is 3.10. The van der Waals surface area contributed by atoms with Crippen LogP contribution in [0.2, 0.25) is 0 Å². The summed E-state index contributed by atoms with van der Waals surface area (Å²) in [6.45, 7) is 2.57. The Morgan fingerprint density at radius 1 is 1.30 bits per heavy atom. The van der Waals surface area contributed by atoms with Crippen LogP contribution in [-0.2, 0) is 17.8 Å². The number of nitrogens with two attached hydrogens (primary N) is 1. The van der Waals surface area contributed by atoms with Gasteiger partial charge in [-0.3, -0.25) is 4.79 Å². The molecule has 7 heteroatoms. The van der Waals surface area contributed by atoms with Crippen molar-refractivity contribution in [2.45, 2.75) is 26.3 Å². The highest BCUT2D eigenvalue weighted by atomic mass is 32.1. The summed E-state index contributed by atoms with van der Waals surface area (Å²) in [6, 6.07) is 12.3. The second kappa shape index (κ2) is 7.54. The summed E-state index contributed by atoms with van der Waals surface area (Å²) < 4.78 is 0. The lowest BCUT2D eigenvalue weighted by atomic mass is 10.1. The van der Waals surface area contributed by atoms with Gasteiger partial charge in [0.05, 0.1) is 10.6 Å². The van der Waals surface area contributed by atoms with Crippen LogP contribution in [0, 0.1) is 6.92 Å². The highest BCUT2D eigenvalue weighted by Gasteiger charge is 2.14. The molecule has 0 saturated carbocycles. The summed E-state index contributed by atoms with van der Waals surface area (Å²) in [5, 5.41) is 6.74. The van der Waals surface area contributed by atoms with Crippen LogP contribution in [0.25, 0.3) is 21.5 Å². The van der Waals surface area contributed by atoms with E-state index >= 15 is 0 Å². The number of aryl methyl sites for hydroxylation is 2. The van der Waals surface area contributed by atoms with E-state index in [1.54, 1.807) is 11.3 Å². The largest absolute Gasteiger partial charge is 0.375 e. The molecule has 0 radical (unpaired) electrons. The molecule has 138 valence electrons. The maximum atomic E-state index is 12.3. The second-order valence-electron chi connectivity index (χ2n) is 6.45. The second-order valence-corrected chi connectivity index (χ2v) is 8.51. The van der Waals surface area contributed by atoms with Crippen LogP contribution in [0.1, 0.15) is 22.6 Å². The van der Waals surface area contributed by atoms with Gasteiger partial charge < -0.3 is 16.0 Å². The van der Waals surface area contributed by atoms with E-state index < -0.39 is 0 Å². The molecule has 0 saturated heterocycles. The van der Waals surface area contributed by atoms with Gasteiger partial charge in [-0.05, 0) is 53.9 Å². The van der Waals surface area contributed by atoms with Gasteiger partial charge in [-0.1, -0.05) is 12.1 Å². The van der Waals surface area contributed by atoms with Crippen molar-refractivity contribution < 1.29 is 4.79 Å². The van der Waals surface area contributed by atoms with Crippen LogP contribution in [-0.4, -0.2) is 15.9 Å². The third-order valence-electron chi connectivity index (χ3n) is 4.36. The molecule has 0 spiro atoms. The summed E-state index contributed by atoms with van der Waals surface area (Å²) >= 11 is 3.10. The van der Waals surface area contributed by atoms with E-state index in [0.29, 0.717) is 24.5 Å². The molecule has 0 aliphatic carbocycles. The van der Waals surface area contributed by atoms with E-state index in [-0.39, 0.29) is 5.91 Å². The molecular formula is C20H20N4OS2. The Morgan fingerprint density at radius 2 is 2.19 bits per heavy atom.